The van der Waals surface area contributed by atoms with Crippen LogP contribution in [0.25, 0.3) is 0 Å². The van der Waals surface area contributed by atoms with Crippen LogP contribution in [0, 0.1) is 5.82 Å². The number of nitrogen functional groups attached to an aromatic ring is 1. The Kier molecular flexibility index (Phi) is 3.05. The topological polar surface area (TPSA) is 55.1 Å². The first-order valence-electron chi connectivity index (χ1n) is 5.88. The van der Waals surface area contributed by atoms with Gasteiger partial charge in [-0.2, -0.15) is 0 Å². The molecule has 4 heteroatoms. The lowest BCUT2D eigenvalue weighted by atomic mass is 10.00. The maximum absolute atomic E-state index is 13.6. The van der Waals surface area contributed by atoms with Gasteiger partial charge < -0.3 is 11.1 Å². The maximum atomic E-state index is 13.6. The van der Waals surface area contributed by atoms with E-state index in [0.29, 0.717) is 5.69 Å². The molecule has 1 aromatic rings. The Bertz CT molecular complexity index is 439. The molecule has 3 nitrogen and oxygen atoms in total. The lowest BCUT2D eigenvalue weighted by molar-refractivity contribution is 0.0904. The average molecular weight is 236 g/mol. The van der Waals surface area contributed by atoms with Gasteiger partial charge in [0.1, 0.15) is 5.82 Å². The van der Waals surface area contributed by atoms with E-state index >= 15 is 0 Å². The van der Waals surface area contributed by atoms with Crippen molar-refractivity contribution < 1.29 is 9.18 Å². The predicted molar refractivity (Wildman–Crippen MR) is 65.2 cm³/mol. The van der Waals surface area contributed by atoms with Crippen molar-refractivity contribution >= 4 is 11.6 Å². The molecule has 3 N–H and O–H groups in total. The number of anilines is 1. The summed E-state index contributed by atoms with van der Waals surface area (Å²) in [6, 6.07) is 4.14. The summed E-state index contributed by atoms with van der Waals surface area (Å²) in [5.74, 6) is -0.920. The van der Waals surface area contributed by atoms with Crippen LogP contribution in [0.4, 0.5) is 10.1 Å². The fourth-order valence-corrected chi connectivity index (χ4v) is 2.34. The van der Waals surface area contributed by atoms with Gasteiger partial charge in [0.15, 0.2) is 0 Å². The molecule has 1 saturated carbocycles. The van der Waals surface area contributed by atoms with Crippen molar-refractivity contribution in [2.24, 2.45) is 0 Å². The molecule has 1 amide bonds. The minimum absolute atomic E-state index is 0.0623. The number of nitrogens with two attached hydrogens (primary N) is 1. The second kappa shape index (κ2) is 4.35. The second-order valence-corrected chi connectivity index (χ2v) is 4.96. The monoisotopic (exact) mass is 236 g/mol. The zero-order valence-electron chi connectivity index (χ0n) is 9.92. The van der Waals surface area contributed by atoms with E-state index in [1.165, 1.54) is 18.2 Å². The molecule has 0 atom stereocenters. The highest BCUT2D eigenvalue weighted by atomic mass is 19.1. The Morgan fingerprint density at radius 1 is 1.41 bits per heavy atom. The first-order valence-corrected chi connectivity index (χ1v) is 5.88. The van der Waals surface area contributed by atoms with Crippen molar-refractivity contribution in [3.05, 3.63) is 29.6 Å². The molecule has 1 aromatic carbocycles. The zero-order valence-corrected chi connectivity index (χ0v) is 9.92. The third kappa shape index (κ3) is 2.57. The van der Waals surface area contributed by atoms with E-state index < -0.39 is 5.82 Å². The summed E-state index contributed by atoms with van der Waals surface area (Å²) >= 11 is 0. The van der Waals surface area contributed by atoms with Gasteiger partial charge in [0.05, 0.1) is 5.56 Å². The van der Waals surface area contributed by atoms with Gasteiger partial charge in [-0.05, 0) is 38.0 Å². The molecule has 0 bridgehead atoms. The second-order valence-electron chi connectivity index (χ2n) is 4.96. The third-order valence-electron chi connectivity index (χ3n) is 3.36. The highest BCUT2D eigenvalue weighted by Crippen LogP contribution is 2.29. The number of benzene rings is 1. The van der Waals surface area contributed by atoms with Crippen LogP contribution < -0.4 is 11.1 Å². The summed E-state index contributed by atoms with van der Waals surface area (Å²) in [7, 11) is 0. The number of carbonyl (C=O) groups excluding carboxylic acids is 1. The van der Waals surface area contributed by atoms with Crippen LogP contribution in [0.5, 0.6) is 0 Å². The molecule has 1 aliphatic rings. The Hall–Kier alpha value is -1.58. The summed E-state index contributed by atoms with van der Waals surface area (Å²) in [6.45, 7) is 2.01. The van der Waals surface area contributed by atoms with E-state index in [1.54, 1.807) is 0 Å². The number of hydrogen-bond donors (Lipinski definition) is 2. The van der Waals surface area contributed by atoms with Gasteiger partial charge in [0.2, 0.25) is 0 Å². The maximum Gasteiger partial charge on any atom is 0.254 e. The fourth-order valence-electron chi connectivity index (χ4n) is 2.34. The van der Waals surface area contributed by atoms with E-state index in [4.69, 9.17) is 5.73 Å². The largest absolute Gasteiger partial charge is 0.399 e. The molecule has 0 heterocycles. The standard InChI is InChI=1S/C13H17FN2O/c1-13(6-2-3-7-13)16-12(17)10-5-4-9(15)8-11(10)14/h4-5,8H,2-3,6-7,15H2,1H3,(H,16,17). The number of amides is 1. The molecular weight excluding hydrogens is 219 g/mol. The molecule has 1 aliphatic carbocycles. The molecule has 17 heavy (non-hydrogen) atoms. The molecular formula is C13H17FN2O. The van der Waals surface area contributed by atoms with Crippen LogP contribution in [0.1, 0.15) is 43.0 Å². The van der Waals surface area contributed by atoms with Gasteiger partial charge in [-0.3, -0.25) is 4.79 Å². The molecule has 0 spiro atoms. The van der Waals surface area contributed by atoms with Crippen molar-refractivity contribution in [2.45, 2.75) is 38.1 Å². The van der Waals surface area contributed by atoms with E-state index in [1.807, 2.05) is 6.92 Å². The van der Waals surface area contributed by atoms with Crippen molar-refractivity contribution in [3.63, 3.8) is 0 Å². The number of rotatable bonds is 2. The van der Waals surface area contributed by atoms with Gasteiger partial charge >= 0.3 is 0 Å². The van der Waals surface area contributed by atoms with Crippen molar-refractivity contribution in [1.82, 2.24) is 5.32 Å². The number of carbonyl (C=O) groups is 1. The Morgan fingerprint density at radius 3 is 2.65 bits per heavy atom. The lowest BCUT2D eigenvalue weighted by Crippen LogP contribution is -2.43. The molecule has 0 radical (unpaired) electrons. The minimum atomic E-state index is -0.566. The van der Waals surface area contributed by atoms with Crippen LogP contribution in [-0.4, -0.2) is 11.4 Å². The molecule has 92 valence electrons. The quantitative estimate of drug-likeness (QED) is 0.775. The Morgan fingerprint density at radius 2 is 2.06 bits per heavy atom. The number of nitrogens with one attached hydrogen (secondary N) is 1. The lowest BCUT2D eigenvalue weighted by Gasteiger charge is -2.25. The van der Waals surface area contributed by atoms with Crippen LogP contribution in [0.15, 0.2) is 18.2 Å². The van der Waals surface area contributed by atoms with Gasteiger partial charge in [-0.25, -0.2) is 4.39 Å². The normalized spacial score (nSPS) is 18.0. The SMILES string of the molecule is CC1(NC(=O)c2ccc(N)cc2F)CCCC1. The highest BCUT2D eigenvalue weighted by molar-refractivity contribution is 5.95. The van der Waals surface area contributed by atoms with Gasteiger partial charge in [-0.15, -0.1) is 0 Å². The summed E-state index contributed by atoms with van der Waals surface area (Å²) in [4.78, 5) is 11.9. The van der Waals surface area contributed by atoms with Crippen LogP contribution in [0.2, 0.25) is 0 Å². The molecule has 0 aliphatic heterocycles. The fraction of sp³-hybridized carbons (Fsp3) is 0.462. The van der Waals surface area contributed by atoms with Crippen LogP contribution >= 0.6 is 0 Å². The molecule has 0 saturated heterocycles. The highest BCUT2D eigenvalue weighted by Gasteiger charge is 2.30. The van der Waals surface area contributed by atoms with E-state index in [2.05, 4.69) is 5.32 Å². The van der Waals surface area contributed by atoms with Gasteiger partial charge in [-0.1, -0.05) is 12.8 Å². The molecule has 0 aromatic heterocycles. The van der Waals surface area contributed by atoms with Crippen molar-refractivity contribution in [1.29, 1.82) is 0 Å². The summed E-state index contributed by atoms with van der Waals surface area (Å²) in [5, 5.41) is 2.91. The number of halogens is 1. The molecule has 1 fully saturated rings. The van der Waals surface area contributed by atoms with Gasteiger partial charge in [0.25, 0.3) is 5.91 Å². The smallest absolute Gasteiger partial charge is 0.254 e. The predicted octanol–water partition coefficient (Wildman–Crippen LogP) is 2.47. The van der Waals surface area contributed by atoms with Crippen LogP contribution in [-0.2, 0) is 0 Å². The van der Waals surface area contributed by atoms with E-state index in [-0.39, 0.29) is 17.0 Å². The van der Waals surface area contributed by atoms with Crippen molar-refractivity contribution in [2.75, 3.05) is 5.73 Å². The van der Waals surface area contributed by atoms with Crippen LogP contribution in [0.3, 0.4) is 0 Å². The Balaban J connectivity index is 2.14. The first kappa shape index (κ1) is 11.9. The van der Waals surface area contributed by atoms with E-state index in [9.17, 15) is 9.18 Å². The summed E-state index contributed by atoms with van der Waals surface area (Å²) in [6.07, 6.45) is 4.13. The molecule has 2 rings (SSSR count). The summed E-state index contributed by atoms with van der Waals surface area (Å²) in [5.41, 5.74) is 5.64. The number of hydrogen-bond acceptors (Lipinski definition) is 2. The summed E-state index contributed by atoms with van der Waals surface area (Å²) < 4.78 is 13.6. The van der Waals surface area contributed by atoms with Gasteiger partial charge in [0, 0.05) is 11.2 Å². The Labute approximate surface area is 100 Å². The van der Waals surface area contributed by atoms with Crippen molar-refractivity contribution in [3.8, 4) is 0 Å². The average Bonchev–Trinajstić information content (AvgIpc) is 2.64. The zero-order chi connectivity index (χ0) is 12.5. The van der Waals surface area contributed by atoms with E-state index in [0.717, 1.165) is 25.7 Å². The molecule has 0 unspecified atom stereocenters. The minimum Gasteiger partial charge on any atom is -0.399 e. The first-order chi connectivity index (χ1) is 8.00. The third-order valence-corrected chi connectivity index (χ3v) is 3.36.